The van der Waals surface area contributed by atoms with Crippen molar-refractivity contribution in [3.8, 4) is 0 Å². The maximum atomic E-state index is 12.5. The van der Waals surface area contributed by atoms with Gasteiger partial charge in [-0.15, -0.1) is 0 Å². The summed E-state index contributed by atoms with van der Waals surface area (Å²) in [7, 11) is 2.58. The number of rotatable bonds is 5. The molecule has 25 heavy (non-hydrogen) atoms. The third-order valence-corrected chi connectivity index (χ3v) is 3.77. The zero-order valence-corrected chi connectivity index (χ0v) is 15.0. The monoisotopic (exact) mass is 341 g/mol. The normalized spacial score (nSPS) is 13.9. The second kappa shape index (κ2) is 8.33. The molecule has 0 fully saturated rings. The van der Waals surface area contributed by atoms with Gasteiger partial charge in [0, 0.05) is 11.9 Å². The smallest absolute Gasteiger partial charge is 0.355 e. The van der Waals surface area contributed by atoms with Crippen molar-refractivity contribution in [1.82, 2.24) is 0 Å². The van der Waals surface area contributed by atoms with Crippen molar-refractivity contribution in [2.45, 2.75) is 20.3 Å². The lowest BCUT2D eigenvalue weighted by atomic mass is 10.00. The van der Waals surface area contributed by atoms with Gasteiger partial charge in [-0.1, -0.05) is 38.1 Å². The van der Waals surface area contributed by atoms with Crippen LogP contribution in [0.3, 0.4) is 0 Å². The highest BCUT2D eigenvalue weighted by Crippen LogP contribution is 2.30. The fourth-order valence-corrected chi connectivity index (χ4v) is 2.71. The van der Waals surface area contributed by atoms with Crippen molar-refractivity contribution in [2.24, 2.45) is 5.92 Å². The van der Waals surface area contributed by atoms with E-state index >= 15 is 0 Å². The molecule has 0 aliphatic carbocycles. The number of carbonyl (C=O) groups excluding carboxylic acids is 2. The van der Waals surface area contributed by atoms with Crippen LogP contribution in [0, 0.1) is 5.92 Å². The SMILES string of the molecule is COC(=O)C1=C(C(=O)OC)N(c2ccccc2CC(C)C)C=CC=C1. The van der Waals surface area contributed by atoms with Gasteiger partial charge in [0.1, 0.15) is 5.70 Å². The molecule has 0 saturated heterocycles. The standard InChI is InChI=1S/C20H23NO4/c1-14(2)13-15-9-5-6-11-17(15)21-12-8-7-10-16(19(22)24-3)18(21)20(23)25-4/h5-12,14H,13H2,1-4H3. The fraction of sp³-hybridized carbons (Fsp3) is 0.300. The number of para-hydroxylation sites is 1. The highest BCUT2D eigenvalue weighted by atomic mass is 16.5. The van der Waals surface area contributed by atoms with E-state index in [0.717, 1.165) is 17.7 Å². The number of anilines is 1. The Labute approximate surface area is 148 Å². The molecule has 5 heteroatoms. The van der Waals surface area contributed by atoms with Gasteiger partial charge in [0.05, 0.1) is 19.8 Å². The maximum Gasteiger partial charge on any atom is 0.355 e. The van der Waals surface area contributed by atoms with E-state index in [2.05, 4.69) is 13.8 Å². The number of hydrogen-bond acceptors (Lipinski definition) is 5. The van der Waals surface area contributed by atoms with E-state index in [1.54, 1.807) is 29.3 Å². The van der Waals surface area contributed by atoms with Gasteiger partial charge in [-0.2, -0.15) is 0 Å². The van der Waals surface area contributed by atoms with Crippen molar-refractivity contribution < 1.29 is 19.1 Å². The lowest BCUT2D eigenvalue weighted by Gasteiger charge is -2.26. The molecule has 5 nitrogen and oxygen atoms in total. The van der Waals surface area contributed by atoms with Gasteiger partial charge in [0.25, 0.3) is 0 Å². The van der Waals surface area contributed by atoms with E-state index in [9.17, 15) is 9.59 Å². The van der Waals surface area contributed by atoms with Crippen molar-refractivity contribution in [3.63, 3.8) is 0 Å². The molecule has 0 atom stereocenters. The second-order valence-electron chi connectivity index (χ2n) is 6.04. The number of allylic oxidation sites excluding steroid dienone is 2. The van der Waals surface area contributed by atoms with Crippen LogP contribution in [0.15, 0.2) is 60.0 Å². The van der Waals surface area contributed by atoms with E-state index in [-0.39, 0.29) is 11.3 Å². The molecule has 0 spiro atoms. The molecule has 0 bridgehead atoms. The first kappa shape index (κ1) is 18.5. The third-order valence-electron chi connectivity index (χ3n) is 3.77. The fourth-order valence-electron chi connectivity index (χ4n) is 2.71. The van der Waals surface area contributed by atoms with Crippen LogP contribution < -0.4 is 4.90 Å². The van der Waals surface area contributed by atoms with Crippen LogP contribution >= 0.6 is 0 Å². The Bertz CT molecular complexity index is 744. The summed E-state index contributed by atoms with van der Waals surface area (Å²) < 4.78 is 9.77. The average molecular weight is 341 g/mol. The minimum absolute atomic E-state index is 0.135. The molecule has 0 aromatic heterocycles. The lowest BCUT2D eigenvalue weighted by molar-refractivity contribution is -0.139. The zero-order valence-electron chi connectivity index (χ0n) is 15.0. The van der Waals surface area contributed by atoms with E-state index in [4.69, 9.17) is 9.47 Å². The summed E-state index contributed by atoms with van der Waals surface area (Å²) in [5.74, 6) is -0.747. The van der Waals surface area contributed by atoms with Crippen molar-refractivity contribution in [1.29, 1.82) is 0 Å². The number of methoxy groups -OCH3 is 2. The number of ether oxygens (including phenoxy) is 2. The largest absolute Gasteiger partial charge is 0.465 e. The molecule has 0 saturated carbocycles. The summed E-state index contributed by atoms with van der Waals surface area (Å²) in [4.78, 5) is 26.4. The van der Waals surface area contributed by atoms with Crippen LogP contribution in [0.4, 0.5) is 5.69 Å². The summed E-state index contributed by atoms with van der Waals surface area (Å²) in [5.41, 5.74) is 2.20. The van der Waals surface area contributed by atoms with Crippen LogP contribution in [-0.4, -0.2) is 26.2 Å². The van der Waals surface area contributed by atoms with Gasteiger partial charge >= 0.3 is 11.9 Å². The van der Waals surface area contributed by atoms with Gasteiger partial charge in [0.2, 0.25) is 0 Å². The van der Waals surface area contributed by atoms with Crippen molar-refractivity contribution in [3.05, 3.63) is 65.5 Å². The van der Waals surface area contributed by atoms with Gasteiger partial charge < -0.3 is 14.4 Å². The number of esters is 2. The van der Waals surface area contributed by atoms with Crippen LogP contribution in [0.2, 0.25) is 0 Å². The molecule has 1 aromatic carbocycles. The van der Waals surface area contributed by atoms with E-state index in [1.165, 1.54) is 14.2 Å². The quantitative estimate of drug-likeness (QED) is 0.769. The topological polar surface area (TPSA) is 55.8 Å². The molecule has 2 rings (SSSR count). The Morgan fingerprint density at radius 1 is 1.04 bits per heavy atom. The summed E-state index contributed by atoms with van der Waals surface area (Å²) in [6.45, 7) is 4.26. The predicted octanol–water partition coefficient (Wildman–Crippen LogP) is 3.38. The molecule has 0 radical (unpaired) electrons. The summed E-state index contributed by atoms with van der Waals surface area (Å²) >= 11 is 0. The predicted molar refractivity (Wildman–Crippen MR) is 96.8 cm³/mol. The Balaban J connectivity index is 2.66. The van der Waals surface area contributed by atoms with E-state index in [1.807, 2.05) is 24.3 Å². The average Bonchev–Trinajstić information content (AvgIpc) is 2.83. The van der Waals surface area contributed by atoms with Crippen LogP contribution in [0.25, 0.3) is 0 Å². The van der Waals surface area contributed by atoms with Crippen LogP contribution in [0.1, 0.15) is 19.4 Å². The van der Waals surface area contributed by atoms with Gasteiger partial charge in [0.15, 0.2) is 0 Å². The Morgan fingerprint density at radius 2 is 1.72 bits per heavy atom. The van der Waals surface area contributed by atoms with Crippen LogP contribution in [-0.2, 0) is 25.5 Å². The first-order chi connectivity index (χ1) is 12.0. The maximum absolute atomic E-state index is 12.5. The first-order valence-corrected chi connectivity index (χ1v) is 8.12. The zero-order chi connectivity index (χ0) is 18.4. The molecule has 1 heterocycles. The highest BCUT2D eigenvalue weighted by molar-refractivity contribution is 6.05. The molecular formula is C20H23NO4. The van der Waals surface area contributed by atoms with E-state index in [0.29, 0.717) is 5.92 Å². The molecule has 0 amide bonds. The number of nitrogens with zero attached hydrogens (tertiary/aromatic N) is 1. The molecule has 132 valence electrons. The molecule has 1 aromatic rings. The van der Waals surface area contributed by atoms with Crippen molar-refractivity contribution >= 4 is 17.6 Å². The lowest BCUT2D eigenvalue weighted by Crippen LogP contribution is -2.27. The Kier molecular flexibility index (Phi) is 6.17. The minimum atomic E-state index is -0.601. The summed E-state index contributed by atoms with van der Waals surface area (Å²) in [5, 5.41) is 0. The van der Waals surface area contributed by atoms with E-state index < -0.39 is 11.9 Å². The van der Waals surface area contributed by atoms with Crippen LogP contribution in [0.5, 0.6) is 0 Å². The number of benzene rings is 1. The minimum Gasteiger partial charge on any atom is -0.465 e. The molecular weight excluding hydrogens is 318 g/mol. The summed E-state index contributed by atoms with van der Waals surface area (Å²) in [6, 6.07) is 7.81. The Hall–Kier alpha value is -2.82. The molecule has 1 aliphatic heterocycles. The number of hydrogen-bond donors (Lipinski definition) is 0. The second-order valence-corrected chi connectivity index (χ2v) is 6.04. The summed E-state index contributed by atoms with van der Waals surface area (Å²) in [6.07, 6.45) is 7.61. The molecule has 0 N–H and O–H groups in total. The first-order valence-electron chi connectivity index (χ1n) is 8.12. The van der Waals surface area contributed by atoms with Crippen molar-refractivity contribution in [2.75, 3.05) is 19.1 Å². The van der Waals surface area contributed by atoms with Gasteiger partial charge in [-0.3, -0.25) is 0 Å². The van der Waals surface area contributed by atoms with Gasteiger partial charge in [-0.25, -0.2) is 9.59 Å². The third kappa shape index (κ3) is 4.18. The molecule has 1 aliphatic rings. The highest BCUT2D eigenvalue weighted by Gasteiger charge is 2.28. The van der Waals surface area contributed by atoms with Gasteiger partial charge in [-0.05, 0) is 36.1 Å². The number of carbonyl (C=O) groups is 2. The Morgan fingerprint density at radius 3 is 2.36 bits per heavy atom. The molecule has 0 unspecified atom stereocenters.